The van der Waals surface area contributed by atoms with Crippen LogP contribution in [0.2, 0.25) is 0 Å². The molecule has 0 aliphatic carbocycles. The van der Waals surface area contributed by atoms with Crippen molar-refractivity contribution in [3.63, 3.8) is 0 Å². The van der Waals surface area contributed by atoms with E-state index in [0.29, 0.717) is 103 Å². The van der Waals surface area contributed by atoms with Crippen molar-refractivity contribution in [2.75, 3.05) is 13.2 Å². The molecule has 0 saturated heterocycles. The van der Waals surface area contributed by atoms with Crippen molar-refractivity contribution >= 4 is 160 Å². The van der Waals surface area contributed by atoms with Crippen molar-refractivity contribution in [1.29, 1.82) is 5.41 Å². The molecule has 3 aromatic heterocycles. The second-order valence-electron chi connectivity index (χ2n) is 29.6. The number of hydrogen-bond acceptors (Lipinski definition) is 19. The van der Waals surface area contributed by atoms with E-state index in [-0.39, 0.29) is 43.4 Å². The van der Waals surface area contributed by atoms with Crippen molar-refractivity contribution in [3.8, 4) is 46.3 Å². The van der Waals surface area contributed by atoms with Crippen LogP contribution in [-0.4, -0.2) is 116 Å². The van der Waals surface area contributed by atoms with Crippen LogP contribution in [0.15, 0.2) is 358 Å². The molecule has 15 aromatic rings. The van der Waals surface area contributed by atoms with E-state index < -0.39 is 45.5 Å². The fourth-order valence-electron chi connectivity index (χ4n) is 16.5. The number of phosphoric ester groups is 2. The van der Waals surface area contributed by atoms with E-state index in [1.807, 2.05) is 265 Å². The molecule has 12 aromatic carbocycles. The van der Waals surface area contributed by atoms with E-state index in [0.717, 1.165) is 88.3 Å². The molecular formula is C96H60Al2N16O8P2. The highest BCUT2D eigenvalue weighted by molar-refractivity contribution is 7.50. The lowest BCUT2D eigenvalue weighted by molar-refractivity contribution is 0.209. The minimum Gasteiger partial charge on any atom is -0.406 e. The minimum atomic E-state index is -4.78. The van der Waals surface area contributed by atoms with Gasteiger partial charge in [-0.1, -0.05) is 278 Å². The van der Waals surface area contributed by atoms with Crippen molar-refractivity contribution in [2.24, 2.45) is 54.9 Å². The Kier molecular flexibility index (Phi) is 18.4. The molecule has 11 heterocycles. The molecule has 0 saturated carbocycles. The third-order valence-corrected chi connectivity index (χ3v) is 31.3. The van der Waals surface area contributed by atoms with Crippen molar-refractivity contribution in [3.05, 3.63) is 381 Å². The van der Waals surface area contributed by atoms with Gasteiger partial charge in [0.05, 0.1) is 13.2 Å². The first-order valence-corrected chi connectivity index (χ1v) is 46.0. The maximum Gasteiger partial charge on any atom is 0.819 e. The number of nitrogens with one attached hydrogen (secondary N) is 1. The van der Waals surface area contributed by atoms with Gasteiger partial charge < -0.3 is 30.7 Å². The normalized spacial score (nSPS) is 16.1. The van der Waals surface area contributed by atoms with Crippen LogP contribution in [0.5, 0.6) is 11.5 Å². The van der Waals surface area contributed by atoms with Gasteiger partial charge in [-0.25, -0.2) is 64.0 Å². The van der Waals surface area contributed by atoms with E-state index in [4.69, 9.17) is 80.2 Å². The maximum atomic E-state index is 16.3. The third kappa shape index (κ3) is 13.1. The van der Waals surface area contributed by atoms with Gasteiger partial charge in [0.25, 0.3) is 0 Å². The molecule has 588 valence electrons. The first kappa shape index (κ1) is 74.5. The van der Waals surface area contributed by atoms with Crippen LogP contribution >= 0.6 is 15.6 Å². The largest absolute Gasteiger partial charge is 0.819 e. The van der Waals surface area contributed by atoms with E-state index >= 15 is 9.13 Å². The van der Waals surface area contributed by atoms with E-state index in [9.17, 15) is 5.41 Å². The Hall–Kier alpha value is -14.6. The SMILES string of the molecule is N=C1c2ccccc2C2=NC3=N/C(=N\c4c5ccccc5c(/N=C5\N=Cc6ccccc65)[n]4[Al]([O]P(=O)(OCCC#Cc4ccc(-c5ccc(C#CCCOP(=O)(Oc6ccccc6)[O][Al]6[n]7c8c9ccccc9c7N=C7N=C(N=c9c%10ccccc%10c([n]96)=NC6=NC(=N8)c8ccccc86)c6ccccc67)cc5)cc4)Oc4ccccc4)[N]12)c1ccccc13. The molecule has 0 radical (unpaired) electrons. The molecule has 8 aliphatic heterocycles. The number of fused-ring (bicyclic) bond motifs is 25. The lowest BCUT2D eigenvalue weighted by atomic mass is 10.0. The Labute approximate surface area is 717 Å². The van der Waals surface area contributed by atoms with Crippen LogP contribution in [-0.2, 0) is 25.3 Å². The summed E-state index contributed by atoms with van der Waals surface area (Å²) in [5.74, 6) is 18.6. The summed E-state index contributed by atoms with van der Waals surface area (Å²) in [6, 6.07) is 95.7. The number of aromatic nitrogens is 3. The number of benzene rings is 12. The molecule has 8 bridgehead atoms. The van der Waals surface area contributed by atoms with Crippen LogP contribution in [0.25, 0.3) is 43.4 Å². The van der Waals surface area contributed by atoms with Crippen LogP contribution in [0.3, 0.4) is 0 Å². The minimum absolute atomic E-state index is 0.0431. The number of rotatable bonds is 16. The summed E-state index contributed by atoms with van der Waals surface area (Å²) in [7, 11) is -9.53. The Morgan fingerprint density at radius 3 is 1.22 bits per heavy atom. The highest BCUT2D eigenvalue weighted by Gasteiger charge is 2.55. The fourth-order valence-corrected chi connectivity index (χ4v) is 25.8. The summed E-state index contributed by atoms with van der Waals surface area (Å²) in [6.45, 7) is -0.336. The van der Waals surface area contributed by atoms with Crippen molar-refractivity contribution in [2.45, 2.75) is 12.8 Å². The van der Waals surface area contributed by atoms with Crippen LogP contribution < -0.4 is 20.0 Å². The molecule has 0 fully saturated rings. The Balaban J connectivity index is 0.522. The number of nitrogens with zero attached hydrogens (tertiary/aromatic N) is 15. The Bertz CT molecular complexity index is 7680. The second kappa shape index (κ2) is 30.5. The van der Waals surface area contributed by atoms with Gasteiger partial charge in [-0.15, -0.1) is 0 Å². The maximum absolute atomic E-state index is 16.3. The van der Waals surface area contributed by atoms with Gasteiger partial charge >= 0.3 is 45.5 Å². The zero-order chi connectivity index (χ0) is 82.6. The second-order valence-corrected chi connectivity index (χ2v) is 37.4. The highest BCUT2D eigenvalue weighted by atomic mass is 31.2. The lowest BCUT2D eigenvalue weighted by Crippen LogP contribution is -2.51. The highest BCUT2D eigenvalue weighted by Crippen LogP contribution is 2.55. The first-order valence-electron chi connectivity index (χ1n) is 40.0. The average molecular weight is 1680 g/mol. The standard InChI is InChI=1S/C32H16N8.C32H18N8.C32H28O8P2.2Al/c1-2-10-18-17(9-1)25-33-26(18)38-28-21-13-5-6-14-22(21)30(35-28)40-32-24-16-8-7-15-23(24)31(36-32)39-29-20-12-4-3-11-19(20)27(34-29)37-25;33-26-20-11-3-4-12-21(20)28(35-26)37-30-24-15-7-8-16-25(24)32(39-30)40-31-23-14-6-5-13-22(23)29(38-31)36-27-19-10-2-1-9-18(19)17-34-27;33-41(34,39-31-13-3-1-4-14-31)37-25-9-7-11-27-17-21-29(22-18-27)30-23-19-28(20-24-30)12-8-10-26-38-42(35,36)40-32-15-5-2-6-16-32;;/h1-16H;1-17H,(H-,33,35,37,39,40);1-6,13-24H,9-10,25-26H2,(H,33,34)(H,35,36);;/q2*-2;;2*+3/p-2/b;36-27-;;;. The first-order chi connectivity index (χ1) is 61.1. The lowest BCUT2D eigenvalue weighted by Gasteiger charge is -2.30. The topological polar surface area (TPSA) is 267 Å². The molecule has 28 heteroatoms. The van der Waals surface area contributed by atoms with Gasteiger partial charge in [0, 0.05) is 118 Å². The Morgan fingerprint density at radius 2 is 0.734 bits per heavy atom. The van der Waals surface area contributed by atoms with Gasteiger partial charge in [-0.3, -0.25) is 14.5 Å². The molecule has 1 N–H and O–H groups in total. The van der Waals surface area contributed by atoms with Gasteiger partial charge in [0.1, 0.15) is 57.4 Å². The van der Waals surface area contributed by atoms with Gasteiger partial charge in [-0.05, 0) is 59.7 Å². The van der Waals surface area contributed by atoms with Crippen LogP contribution in [0.1, 0.15) is 79.6 Å². The summed E-state index contributed by atoms with van der Waals surface area (Å²) in [5, 5.41) is 14.5. The summed E-state index contributed by atoms with van der Waals surface area (Å²) >= 11 is -7.67. The summed E-state index contributed by atoms with van der Waals surface area (Å²) in [6.07, 6.45) is 2.03. The third-order valence-electron chi connectivity index (χ3n) is 22.1. The number of amidine groups is 9. The molecule has 124 heavy (non-hydrogen) atoms. The summed E-state index contributed by atoms with van der Waals surface area (Å²) in [4.78, 5) is 58.1. The van der Waals surface area contributed by atoms with Crippen molar-refractivity contribution < 1.29 is 34.4 Å². The predicted molar refractivity (Wildman–Crippen MR) is 484 cm³/mol. The number of phosphoric acid groups is 2. The molecule has 0 spiro atoms. The molecule has 2 atom stereocenters. The molecular weight excluding hydrogens is 1620 g/mol. The molecule has 23 rings (SSSR count). The van der Waals surface area contributed by atoms with Crippen LogP contribution in [0.4, 0.5) is 23.3 Å². The number of para-hydroxylation sites is 2. The van der Waals surface area contributed by atoms with E-state index in [1.165, 1.54) is 0 Å². The van der Waals surface area contributed by atoms with Crippen molar-refractivity contribution in [1.82, 2.24) is 14.5 Å². The molecule has 2 unspecified atom stereocenters. The monoisotopic (exact) mass is 1680 g/mol. The zero-order valence-electron chi connectivity index (χ0n) is 65.3. The summed E-state index contributed by atoms with van der Waals surface area (Å²) in [5.41, 5.74) is 11.9. The quantitative estimate of drug-likeness (QED) is 0.0416. The average Bonchev–Trinajstić information content (AvgIpc) is 1.56. The summed E-state index contributed by atoms with van der Waals surface area (Å²) < 4.78 is 80.6. The number of hydrogen-bond donors (Lipinski definition) is 1. The smallest absolute Gasteiger partial charge is 0.406 e. The Morgan fingerprint density at radius 1 is 0.355 bits per heavy atom. The molecule has 8 aliphatic rings. The molecule has 0 amide bonds. The van der Waals surface area contributed by atoms with Gasteiger partial charge in [0.15, 0.2) is 40.8 Å². The fraction of sp³-hybridized carbons (Fsp3) is 0.0417. The number of aliphatic imine (C=N–C) groups is 9. The molecule has 24 nitrogen and oxygen atoms in total. The van der Waals surface area contributed by atoms with Gasteiger partial charge in [0.2, 0.25) is 0 Å². The predicted octanol–water partition coefficient (Wildman–Crippen LogP) is 18.2. The van der Waals surface area contributed by atoms with Gasteiger partial charge in [-0.2, -0.15) is 0 Å². The van der Waals surface area contributed by atoms with E-state index in [1.54, 1.807) is 58.6 Å². The van der Waals surface area contributed by atoms with Crippen LogP contribution in [0, 0.1) is 29.1 Å². The zero-order valence-corrected chi connectivity index (χ0v) is 69.4. The van der Waals surface area contributed by atoms with E-state index in [2.05, 4.69) is 23.7 Å².